The van der Waals surface area contributed by atoms with E-state index in [9.17, 15) is 19.2 Å². The smallest absolute Gasteiger partial charge is 0.326 e. The largest absolute Gasteiger partial charge is 0.454 e. The number of hydrogen-bond acceptors (Lipinski definition) is 7. The van der Waals surface area contributed by atoms with Crippen LogP contribution in [0, 0.1) is 6.92 Å². The molecule has 0 atom stereocenters. The molecule has 4 amide bonds. The highest BCUT2D eigenvalue weighted by molar-refractivity contribution is 6.09. The molecule has 134 valence electrons. The van der Waals surface area contributed by atoms with Crippen molar-refractivity contribution in [1.29, 1.82) is 0 Å². The van der Waals surface area contributed by atoms with E-state index in [1.807, 2.05) is 0 Å². The highest BCUT2D eigenvalue weighted by Crippen LogP contribution is 2.34. The first-order chi connectivity index (χ1) is 11.9. The second-order valence-corrected chi connectivity index (χ2v) is 6.14. The van der Waals surface area contributed by atoms with Crippen molar-refractivity contribution in [3.63, 3.8) is 0 Å². The first-order valence-corrected chi connectivity index (χ1v) is 7.92. The van der Waals surface area contributed by atoms with Gasteiger partial charge in [0.1, 0.15) is 17.8 Å². The Labute approximate surface area is 142 Å². The molecule has 2 heterocycles. The molecular weight excluding hydrogens is 332 g/mol. The minimum atomic E-state index is -0.875. The number of aromatic nitrogens is 1. The van der Waals surface area contributed by atoms with E-state index in [2.05, 4.69) is 15.8 Å². The molecule has 0 aromatic carbocycles. The number of nitrogens with one attached hydrogen (secondary N) is 2. The maximum atomic E-state index is 12.4. The Morgan fingerprint density at radius 3 is 2.76 bits per heavy atom. The highest BCUT2D eigenvalue weighted by atomic mass is 16.5. The van der Waals surface area contributed by atoms with Crippen molar-refractivity contribution in [2.45, 2.75) is 38.1 Å². The lowest BCUT2D eigenvalue weighted by atomic mass is 9.98. The fraction of sp³-hybridized carbons (Fsp3) is 0.533. The van der Waals surface area contributed by atoms with Crippen LogP contribution < -0.4 is 10.6 Å². The van der Waals surface area contributed by atoms with Crippen LogP contribution in [0.1, 0.15) is 31.4 Å². The van der Waals surface area contributed by atoms with Gasteiger partial charge in [-0.15, -0.1) is 0 Å². The maximum Gasteiger partial charge on any atom is 0.326 e. The Hall–Kier alpha value is -2.91. The van der Waals surface area contributed by atoms with E-state index in [0.717, 1.165) is 17.7 Å². The summed E-state index contributed by atoms with van der Waals surface area (Å²) in [6.07, 6.45) is 2.85. The SMILES string of the molecule is Cc1cc(NC(=O)COC(=O)CN2C(=O)NC3(CCCC3)C2=O)no1. The summed E-state index contributed by atoms with van der Waals surface area (Å²) in [5.41, 5.74) is -0.875. The third kappa shape index (κ3) is 3.47. The van der Waals surface area contributed by atoms with Crippen LogP contribution in [-0.2, 0) is 19.1 Å². The molecular formula is C15H18N4O6. The summed E-state index contributed by atoms with van der Waals surface area (Å²) in [6, 6.07) is 0.903. The summed E-state index contributed by atoms with van der Waals surface area (Å²) >= 11 is 0. The van der Waals surface area contributed by atoms with Gasteiger partial charge in [0.2, 0.25) is 0 Å². The van der Waals surface area contributed by atoms with Gasteiger partial charge < -0.3 is 19.9 Å². The van der Waals surface area contributed by atoms with Gasteiger partial charge >= 0.3 is 12.0 Å². The van der Waals surface area contributed by atoms with E-state index in [-0.39, 0.29) is 5.82 Å². The molecule has 1 saturated heterocycles. The van der Waals surface area contributed by atoms with E-state index in [1.54, 1.807) is 6.92 Å². The molecule has 1 aliphatic heterocycles. The molecule has 1 aliphatic carbocycles. The van der Waals surface area contributed by atoms with Gasteiger partial charge in [0.05, 0.1) is 0 Å². The second-order valence-electron chi connectivity index (χ2n) is 6.14. The van der Waals surface area contributed by atoms with Gasteiger partial charge in [0.15, 0.2) is 12.4 Å². The normalized spacial score (nSPS) is 18.5. The van der Waals surface area contributed by atoms with Crippen molar-refractivity contribution in [3.05, 3.63) is 11.8 Å². The van der Waals surface area contributed by atoms with Crippen LogP contribution in [0.15, 0.2) is 10.6 Å². The summed E-state index contributed by atoms with van der Waals surface area (Å²) in [5.74, 6) is -1.13. The van der Waals surface area contributed by atoms with Crippen LogP contribution >= 0.6 is 0 Å². The zero-order chi connectivity index (χ0) is 18.0. The lowest BCUT2D eigenvalue weighted by molar-refractivity contribution is -0.150. The van der Waals surface area contributed by atoms with E-state index < -0.39 is 42.5 Å². The van der Waals surface area contributed by atoms with Crippen molar-refractivity contribution < 1.29 is 28.4 Å². The number of nitrogens with zero attached hydrogens (tertiary/aromatic N) is 2. The van der Waals surface area contributed by atoms with Gasteiger partial charge in [-0.1, -0.05) is 18.0 Å². The van der Waals surface area contributed by atoms with Gasteiger partial charge in [-0.05, 0) is 19.8 Å². The molecule has 10 heteroatoms. The monoisotopic (exact) mass is 350 g/mol. The molecule has 10 nitrogen and oxygen atoms in total. The van der Waals surface area contributed by atoms with Crippen LogP contribution in [0.5, 0.6) is 0 Å². The first kappa shape index (κ1) is 16.9. The number of amides is 4. The summed E-state index contributed by atoms with van der Waals surface area (Å²) in [6.45, 7) is 0.584. The van der Waals surface area contributed by atoms with Crippen LogP contribution in [-0.4, -0.2) is 52.6 Å². The van der Waals surface area contributed by atoms with Gasteiger partial charge in [-0.25, -0.2) is 4.79 Å². The number of aryl methyl sites for hydroxylation is 1. The predicted octanol–water partition coefficient (Wildman–Crippen LogP) is 0.329. The Balaban J connectivity index is 1.48. The van der Waals surface area contributed by atoms with Crippen molar-refractivity contribution >= 4 is 29.6 Å². The minimum Gasteiger partial charge on any atom is -0.454 e. The van der Waals surface area contributed by atoms with Gasteiger partial charge in [0, 0.05) is 6.07 Å². The van der Waals surface area contributed by atoms with Crippen molar-refractivity contribution in [2.75, 3.05) is 18.5 Å². The molecule has 3 rings (SSSR count). The Kier molecular flexibility index (Phi) is 4.43. The van der Waals surface area contributed by atoms with Crippen LogP contribution in [0.2, 0.25) is 0 Å². The van der Waals surface area contributed by atoms with Gasteiger partial charge in [-0.2, -0.15) is 0 Å². The number of carbonyl (C=O) groups excluding carboxylic acids is 4. The third-order valence-corrected chi connectivity index (χ3v) is 4.25. The van der Waals surface area contributed by atoms with E-state index in [0.29, 0.717) is 18.6 Å². The zero-order valence-corrected chi connectivity index (χ0v) is 13.7. The molecule has 0 bridgehead atoms. The molecule has 1 saturated carbocycles. The van der Waals surface area contributed by atoms with Gasteiger partial charge in [0.25, 0.3) is 11.8 Å². The van der Waals surface area contributed by atoms with E-state index >= 15 is 0 Å². The number of esters is 1. The number of rotatable bonds is 5. The quantitative estimate of drug-likeness (QED) is 0.578. The number of ether oxygens (including phenoxy) is 1. The molecule has 0 radical (unpaired) electrons. The highest BCUT2D eigenvalue weighted by Gasteiger charge is 2.52. The van der Waals surface area contributed by atoms with Crippen molar-refractivity contribution in [3.8, 4) is 0 Å². The maximum absolute atomic E-state index is 12.4. The zero-order valence-electron chi connectivity index (χ0n) is 13.7. The molecule has 0 unspecified atom stereocenters. The Morgan fingerprint density at radius 2 is 2.12 bits per heavy atom. The average molecular weight is 350 g/mol. The Morgan fingerprint density at radius 1 is 1.40 bits per heavy atom. The second kappa shape index (κ2) is 6.54. The minimum absolute atomic E-state index is 0.204. The molecule has 1 spiro atoms. The molecule has 2 N–H and O–H groups in total. The van der Waals surface area contributed by atoms with Crippen LogP contribution in [0.4, 0.5) is 10.6 Å². The fourth-order valence-corrected chi connectivity index (χ4v) is 3.06. The summed E-state index contributed by atoms with van der Waals surface area (Å²) in [7, 11) is 0. The van der Waals surface area contributed by atoms with E-state index in [1.165, 1.54) is 6.07 Å². The summed E-state index contributed by atoms with van der Waals surface area (Å²) in [4.78, 5) is 48.7. The van der Waals surface area contributed by atoms with Crippen molar-refractivity contribution in [2.24, 2.45) is 0 Å². The molecule has 1 aromatic heterocycles. The van der Waals surface area contributed by atoms with Crippen LogP contribution in [0.3, 0.4) is 0 Å². The number of carbonyl (C=O) groups is 4. The third-order valence-electron chi connectivity index (χ3n) is 4.25. The number of anilines is 1. The number of urea groups is 1. The lowest BCUT2D eigenvalue weighted by Gasteiger charge is -2.19. The first-order valence-electron chi connectivity index (χ1n) is 7.92. The van der Waals surface area contributed by atoms with Crippen LogP contribution in [0.25, 0.3) is 0 Å². The number of imide groups is 1. The molecule has 1 aromatic rings. The van der Waals surface area contributed by atoms with E-state index in [4.69, 9.17) is 9.26 Å². The molecule has 2 aliphatic rings. The standard InChI is InChI=1S/C15H18N4O6/c1-9-6-10(18-25-9)16-11(20)8-24-12(21)7-19-13(22)15(17-14(19)23)4-2-3-5-15/h6H,2-5,7-8H2,1H3,(H,17,23)(H,16,18,20). The fourth-order valence-electron chi connectivity index (χ4n) is 3.06. The predicted molar refractivity (Wildman–Crippen MR) is 82.3 cm³/mol. The van der Waals surface area contributed by atoms with Gasteiger partial charge in [-0.3, -0.25) is 19.3 Å². The summed E-state index contributed by atoms with van der Waals surface area (Å²) < 4.78 is 9.60. The summed E-state index contributed by atoms with van der Waals surface area (Å²) in [5, 5.41) is 8.63. The lowest BCUT2D eigenvalue weighted by Crippen LogP contribution is -2.44. The molecule has 25 heavy (non-hydrogen) atoms. The Bertz CT molecular complexity index is 721. The topological polar surface area (TPSA) is 131 Å². The number of hydrogen-bond donors (Lipinski definition) is 2. The van der Waals surface area contributed by atoms with Crippen molar-refractivity contribution in [1.82, 2.24) is 15.4 Å². The average Bonchev–Trinajstić information content (AvgIpc) is 3.24. The molecule has 2 fully saturated rings.